The van der Waals surface area contributed by atoms with E-state index in [1.165, 1.54) is 22.2 Å². The summed E-state index contributed by atoms with van der Waals surface area (Å²) in [6.45, 7) is 2.03. The summed E-state index contributed by atoms with van der Waals surface area (Å²) in [5.41, 5.74) is -0.297. The van der Waals surface area contributed by atoms with Crippen LogP contribution in [-0.4, -0.2) is 32.7 Å². The van der Waals surface area contributed by atoms with Crippen LogP contribution in [0.3, 0.4) is 0 Å². The fourth-order valence-electron chi connectivity index (χ4n) is 3.31. The molecule has 0 spiro atoms. The van der Waals surface area contributed by atoms with Crippen molar-refractivity contribution in [3.8, 4) is 0 Å². The lowest BCUT2D eigenvalue weighted by Gasteiger charge is -2.26. The molecular weight excluding hydrogens is 326 g/mol. The molecule has 0 radical (unpaired) electrons. The van der Waals surface area contributed by atoms with Crippen LogP contribution >= 0.6 is 11.3 Å². The maximum Gasteiger partial charge on any atom is 0.262 e. The number of nitrogens with one attached hydrogen (secondary N) is 1. The van der Waals surface area contributed by atoms with Crippen LogP contribution in [0.4, 0.5) is 0 Å². The zero-order valence-electron chi connectivity index (χ0n) is 14.1. The zero-order valence-corrected chi connectivity index (χ0v) is 14.9. The third-order valence-electron chi connectivity index (χ3n) is 4.83. The number of hydrogen-bond donors (Lipinski definition) is 2. The molecule has 1 aliphatic rings. The van der Waals surface area contributed by atoms with Crippen molar-refractivity contribution in [3.05, 3.63) is 27.1 Å². The third-order valence-corrected chi connectivity index (χ3v) is 6.03. The molecule has 1 amide bonds. The summed E-state index contributed by atoms with van der Waals surface area (Å²) in [6.07, 6.45) is 7.18. The molecule has 130 valence electrons. The Morgan fingerprint density at radius 1 is 1.38 bits per heavy atom. The second kappa shape index (κ2) is 6.64. The van der Waals surface area contributed by atoms with Gasteiger partial charge in [0.2, 0.25) is 0 Å². The zero-order chi connectivity index (χ0) is 17.3. The minimum absolute atomic E-state index is 0.143. The van der Waals surface area contributed by atoms with E-state index in [4.69, 9.17) is 0 Å². The minimum Gasteiger partial charge on any atom is -0.388 e. The Morgan fingerprint density at radius 2 is 2.04 bits per heavy atom. The molecule has 0 aromatic carbocycles. The number of carbonyl (C=O) groups is 1. The van der Waals surface area contributed by atoms with Gasteiger partial charge in [-0.2, -0.15) is 0 Å². The van der Waals surface area contributed by atoms with Crippen molar-refractivity contribution in [2.75, 3.05) is 6.54 Å². The molecule has 3 rings (SSSR count). The predicted molar refractivity (Wildman–Crippen MR) is 94.6 cm³/mol. The van der Waals surface area contributed by atoms with Crippen molar-refractivity contribution in [1.29, 1.82) is 0 Å². The van der Waals surface area contributed by atoms with Gasteiger partial charge >= 0.3 is 0 Å². The van der Waals surface area contributed by atoms with Crippen LogP contribution in [0.5, 0.6) is 0 Å². The Morgan fingerprint density at radius 3 is 2.71 bits per heavy atom. The first-order chi connectivity index (χ1) is 11.4. The van der Waals surface area contributed by atoms with Gasteiger partial charge in [-0.1, -0.05) is 25.7 Å². The van der Waals surface area contributed by atoms with Gasteiger partial charge < -0.3 is 15.0 Å². The summed E-state index contributed by atoms with van der Waals surface area (Å²) >= 11 is 1.23. The van der Waals surface area contributed by atoms with Crippen LogP contribution in [0.15, 0.2) is 11.1 Å². The number of aromatic nitrogens is 2. The molecule has 0 unspecified atom stereocenters. The highest BCUT2D eigenvalue weighted by Crippen LogP contribution is 2.28. The summed E-state index contributed by atoms with van der Waals surface area (Å²) in [5.74, 6) is -0.241. The molecule has 1 saturated carbocycles. The molecular formula is C17H23N3O3S. The topological polar surface area (TPSA) is 84.2 Å². The first-order valence-corrected chi connectivity index (χ1v) is 9.18. The van der Waals surface area contributed by atoms with Crippen LogP contribution < -0.4 is 10.9 Å². The van der Waals surface area contributed by atoms with Gasteiger partial charge in [0.25, 0.3) is 11.5 Å². The predicted octanol–water partition coefficient (Wildman–Crippen LogP) is 2.12. The molecule has 0 aliphatic heterocycles. The van der Waals surface area contributed by atoms with E-state index in [-0.39, 0.29) is 18.0 Å². The maximum atomic E-state index is 12.6. The Balaban J connectivity index is 1.80. The first kappa shape index (κ1) is 17.1. The Bertz CT molecular complexity index is 816. The number of rotatable bonds is 3. The molecule has 1 fully saturated rings. The first-order valence-electron chi connectivity index (χ1n) is 8.37. The Labute approximate surface area is 144 Å². The molecule has 0 bridgehead atoms. The lowest BCUT2D eigenvalue weighted by atomic mass is 9.94. The SMILES string of the molecule is Cc1c(C(=O)NCC2(O)CCCCCC2)sc2ncn(C)c(=O)c12. The molecule has 0 saturated heterocycles. The van der Waals surface area contributed by atoms with E-state index in [9.17, 15) is 14.7 Å². The number of amides is 1. The highest BCUT2D eigenvalue weighted by molar-refractivity contribution is 7.20. The number of hydrogen-bond acceptors (Lipinski definition) is 5. The summed E-state index contributed by atoms with van der Waals surface area (Å²) < 4.78 is 1.41. The molecule has 2 aromatic heterocycles. The van der Waals surface area contributed by atoms with E-state index in [0.29, 0.717) is 20.7 Å². The summed E-state index contributed by atoms with van der Waals surface area (Å²) in [4.78, 5) is 30.1. The Hall–Kier alpha value is -1.73. The van der Waals surface area contributed by atoms with Gasteiger partial charge in [-0.3, -0.25) is 9.59 Å². The standard InChI is InChI=1S/C17H23N3O3S/c1-11-12-15(19-10-20(2)16(12)22)24-13(11)14(21)18-9-17(23)7-5-3-4-6-8-17/h10,23H,3-9H2,1-2H3,(H,18,21). The number of aryl methyl sites for hydroxylation is 2. The number of nitrogens with zero attached hydrogens (tertiary/aromatic N) is 2. The van der Waals surface area contributed by atoms with Gasteiger partial charge in [0, 0.05) is 13.6 Å². The van der Waals surface area contributed by atoms with Crippen molar-refractivity contribution in [2.24, 2.45) is 7.05 Å². The van der Waals surface area contributed by atoms with Gasteiger partial charge in [0.05, 0.1) is 22.2 Å². The second-order valence-corrected chi connectivity index (χ2v) is 7.72. The van der Waals surface area contributed by atoms with E-state index >= 15 is 0 Å². The number of thiophene rings is 1. The average molecular weight is 349 g/mol. The molecule has 0 atom stereocenters. The van der Waals surface area contributed by atoms with Crippen LogP contribution in [-0.2, 0) is 7.05 Å². The highest BCUT2D eigenvalue weighted by Gasteiger charge is 2.29. The second-order valence-electron chi connectivity index (χ2n) is 6.72. The monoisotopic (exact) mass is 349 g/mol. The van der Waals surface area contributed by atoms with Crippen molar-refractivity contribution in [3.63, 3.8) is 0 Å². The van der Waals surface area contributed by atoms with Crippen LogP contribution in [0.2, 0.25) is 0 Å². The molecule has 7 heteroatoms. The summed E-state index contributed by atoms with van der Waals surface area (Å²) in [5, 5.41) is 14.0. The van der Waals surface area contributed by atoms with Gasteiger partial charge in [-0.25, -0.2) is 4.98 Å². The van der Waals surface area contributed by atoms with Crippen molar-refractivity contribution < 1.29 is 9.90 Å². The fraction of sp³-hybridized carbons (Fsp3) is 0.588. The average Bonchev–Trinajstić information content (AvgIpc) is 2.74. The summed E-state index contributed by atoms with van der Waals surface area (Å²) in [7, 11) is 1.65. The van der Waals surface area contributed by atoms with E-state index in [2.05, 4.69) is 10.3 Å². The molecule has 1 aliphatic carbocycles. The van der Waals surface area contributed by atoms with E-state index in [1.807, 2.05) is 0 Å². The van der Waals surface area contributed by atoms with Gasteiger partial charge in [-0.15, -0.1) is 11.3 Å². The quantitative estimate of drug-likeness (QED) is 0.831. The number of fused-ring (bicyclic) bond motifs is 1. The number of aliphatic hydroxyl groups is 1. The number of carbonyl (C=O) groups excluding carboxylic acids is 1. The maximum absolute atomic E-state index is 12.6. The van der Waals surface area contributed by atoms with Crippen LogP contribution in [0.1, 0.15) is 53.8 Å². The lowest BCUT2D eigenvalue weighted by Crippen LogP contribution is -2.42. The highest BCUT2D eigenvalue weighted by atomic mass is 32.1. The van der Waals surface area contributed by atoms with Crippen LogP contribution in [0.25, 0.3) is 10.2 Å². The van der Waals surface area contributed by atoms with Gasteiger partial charge in [0.15, 0.2) is 0 Å². The third kappa shape index (κ3) is 3.23. The van der Waals surface area contributed by atoms with E-state index < -0.39 is 5.60 Å². The molecule has 6 nitrogen and oxygen atoms in total. The van der Waals surface area contributed by atoms with E-state index in [0.717, 1.165) is 38.5 Å². The van der Waals surface area contributed by atoms with Crippen LogP contribution in [0, 0.1) is 6.92 Å². The molecule has 2 aromatic rings. The van der Waals surface area contributed by atoms with Crippen molar-refractivity contribution in [1.82, 2.24) is 14.9 Å². The van der Waals surface area contributed by atoms with E-state index in [1.54, 1.807) is 14.0 Å². The fourth-order valence-corrected chi connectivity index (χ4v) is 4.37. The largest absolute Gasteiger partial charge is 0.388 e. The van der Waals surface area contributed by atoms with Gasteiger partial charge in [-0.05, 0) is 25.3 Å². The Kier molecular flexibility index (Phi) is 4.73. The molecule has 2 heterocycles. The minimum atomic E-state index is -0.814. The lowest BCUT2D eigenvalue weighted by molar-refractivity contribution is 0.0247. The smallest absolute Gasteiger partial charge is 0.262 e. The van der Waals surface area contributed by atoms with Crippen molar-refractivity contribution >= 4 is 27.5 Å². The van der Waals surface area contributed by atoms with Gasteiger partial charge in [0.1, 0.15) is 4.83 Å². The molecule has 24 heavy (non-hydrogen) atoms. The summed E-state index contributed by atoms with van der Waals surface area (Å²) in [6, 6.07) is 0. The molecule has 2 N–H and O–H groups in total. The van der Waals surface area contributed by atoms with Crippen molar-refractivity contribution in [2.45, 2.75) is 51.0 Å². The normalized spacial score (nSPS) is 17.6.